The molecule has 0 aliphatic carbocycles. The number of fused-ring (bicyclic) bond motifs is 2. The van der Waals surface area contributed by atoms with Gasteiger partial charge in [0.15, 0.2) is 0 Å². The number of benzene rings is 1. The second-order valence-electron chi connectivity index (χ2n) is 6.37. The lowest BCUT2D eigenvalue weighted by Gasteiger charge is -2.26. The van der Waals surface area contributed by atoms with Crippen LogP contribution < -0.4 is 5.32 Å². The van der Waals surface area contributed by atoms with E-state index in [1.54, 1.807) is 0 Å². The molecule has 2 unspecified atom stereocenters. The van der Waals surface area contributed by atoms with Crippen LogP contribution in [0.2, 0.25) is 0 Å². The Bertz CT molecular complexity index is 543. The third kappa shape index (κ3) is 2.64. The van der Waals surface area contributed by atoms with Crippen molar-refractivity contribution in [2.45, 2.75) is 38.3 Å². The van der Waals surface area contributed by atoms with Gasteiger partial charge in [0.05, 0.1) is 0 Å². The van der Waals surface area contributed by atoms with E-state index in [2.05, 4.69) is 17.3 Å². The van der Waals surface area contributed by atoms with Gasteiger partial charge in [0.25, 0.3) is 5.91 Å². The van der Waals surface area contributed by atoms with E-state index in [1.807, 2.05) is 37.1 Å². The molecule has 2 saturated heterocycles. The number of carbonyl (C=O) groups excluding carboxylic acids is 1. The molecule has 0 aromatic heterocycles. The minimum atomic E-state index is 0.182. The second-order valence-corrected chi connectivity index (χ2v) is 6.37. The number of amides is 1. The predicted molar refractivity (Wildman–Crippen MR) is 85.8 cm³/mol. The Kier molecular flexibility index (Phi) is 3.89. The average molecular weight is 287 g/mol. The number of hydrogen-bond donors (Lipinski definition) is 1. The number of aryl methyl sites for hydroxylation is 1. The topological polar surface area (TPSA) is 35.6 Å². The molecule has 2 aliphatic rings. The Hall–Kier alpha value is -1.55. The number of nitrogens with zero attached hydrogens (tertiary/aromatic N) is 2. The molecule has 0 spiro atoms. The maximum Gasteiger partial charge on any atom is 0.253 e. The quantitative estimate of drug-likeness (QED) is 0.907. The number of carbonyl (C=O) groups is 1. The minimum absolute atomic E-state index is 0.182. The number of nitrogens with one attached hydrogen (secondary N) is 1. The van der Waals surface area contributed by atoms with Crippen LogP contribution in [0, 0.1) is 6.92 Å². The van der Waals surface area contributed by atoms with E-state index in [0.717, 1.165) is 36.3 Å². The maximum atomic E-state index is 12.8. The van der Waals surface area contributed by atoms with E-state index in [9.17, 15) is 4.79 Å². The van der Waals surface area contributed by atoms with Crippen LogP contribution in [0.3, 0.4) is 0 Å². The Morgan fingerprint density at radius 2 is 2.00 bits per heavy atom. The molecule has 21 heavy (non-hydrogen) atoms. The molecular formula is C17H25N3O. The zero-order valence-electron chi connectivity index (χ0n) is 13.2. The fraction of sp³-hybridized carbons (Fsp3) is 0.588. The first-order valence-electron chi connectivity index (χ1n) is 7.89. The SMILES string of the molecule is CNc1ccc(C(=O)N2CCC3CCC(C2)N3C)cc1C. The maximum absolute atomic E-state index is 12.8. The third-order valence-corrected chi connectivity index (χ3v) is 5.18. The standard InChI is InChI=1S/C17H25N3O/c1-12-10-13(4-7-16(12)18-2)17(21)20-9-8-14-5-6-15(11-20)19(14)3/h4,7,10,14-15,18H,5-6,8-9,11H2,1-3H3. The Morgan fingerprint density at radius 3 is 2.71 bits per heavy atom. The van der Waals surface area contributed by atoms with Crippen molar-refractivity contribution in [2.75, 3.05) is 32.5 Å². The first-order valence-corrected chi connectivity index (χ1v) is 7.89. The van der Waals surface area contributed by atoms with E-state index in [1.165, 1.54) is 12.8 Å². The summed E-state index contributed by atoms with van der Waals surface area (Å²) in [7, 11) is 4.12. The zero-order valence-corrected chi connectivity index (χ0v) is 13.2. The Balaban J connectivity index is 1.77. The van der Waals surface area contributed by atoms with Gasteiger partial charge in [-0.15, -0.1) is 0 Å². The predicted octanol–water partition coefficient (Wildman–Crippen LogP) is 2.35. The average Bonchev–Trinajstić information content (AvgIpc) is 2.71. The molecule has 1 aromatic rings. The molecule has 0 radical (unpaired) electrons. The summed E-state index contributed by atoms with van der Waals surface area (Å²) < 4.78 is 0. The molecule has 0 saturated carbocycles. The smallest absolute Gasteiger partial charge is 0.253 e. The summed E-state index contributed by atoms with van der Waals surface area (Å²) in [5.41, 5.74) is 3.02. The highest BCUT2D eigenvalue weighted by atomic mass is 16.2. The van der Waals surface area contributed by atoms with E-state index >= 15 is 0 Å². The van der Waals surface area contributed by atoms with Crippen LogP contribution >= 0.6 is 0 Å². The fourth-order valence-corrected chi connectivity index (χ4v) is 3.75. The van der Waals surface area contributed by atoms with Crippen molar-refractivity contribution < 1.29 is 4.79 Å². The highest BCUT2D eigenvalue weighted by molar-refractivity contribution is 5.95. The summed E-state index contributed by atoms with van der Waals surface area (Å²) in [4.78, 5) is 17.3. The monoisotopic (exact) mass is 287 g/mol. The van der Waals surface area contributed by atoms with Gasteiger partial charge >= 0.3 is 0 Å². The molecule has 2 atom stereocenters. The first kappa shape index (κ1) is 14.4. The summed E-state index contributed by atoms with van der Waals surface area (Å²) in [5, 5.41) is 3.15. The van der Waals surface area contributed by atoms with Crippen molar-refractivity contribution in [3.63, 3.8) is 0 Å². The van der Waals surface area contributed by atoms with Crippen LogP contribution in [-0.2, 0) is 0 Å². The van der Waals surface area contributed by atoms with Gasteiger partial charge in [-0.3, -0.25) is 9.69 Å². The number of likely N-dealkylation sites (tertiary alicyclic amines) is 1. The molecule has 114 valence electrons. The number of likely N-dealkylation sites (N-methyl/N-ethyl adjacent to an activating group) is 1. The van der Waals surface area contributed by atoms with Crippen LogP contribution in [0.25, 0.3) is 0 Å². The van der Waals surface area contributed by atoms with Gasteiger partial charge < -0.3 is 10.2 Å². The summed E-state index contributed by atoms with van der Waals surface area (Å²) in [6.45, 7) is 3.80. The van der Waals surface area contributed by atoms with Crippen molar-refractivity contribution >= 4 is 11.6 Å². The molecule has 1 N–H and O–H groups in total. The largest absolute Gasteiger partial charge is 0.388 e. The third-order valence-electron chi connectivity index (χ3n) is 5.18. The molecule has 2 aliphatic heterocycles. The molecule has 2 heterocycles. The highest BCUT2D eigenvalue weighted by Crippen LogP contribution is 2.29. The first-order chi connectivity index (χ1) is 10.1. The molecule has 4 nitrogen and oxygen atoms in total. The van der Waals surface area contributed by atoms with Crippen molar-refractivity contribution in [3.05, 3.63) is 29.3 Å². The van der Waals surface area contributed by atoms with Gasteiger partial charge in [0, 0.05) is 43.5 Å². The molecular weight excluding hydrogens is 262 g/mol. The summed E-state index contributed by atoms with van der Waals surface area (Å²) in [5.74, 6) is 0.182. The highest BCUT2D eigenvalue weighted by Gasteiger charge is 2.36. The molecule has 3 rings (SSSR count). The van der Waals surface area contributed by atoms with E-state index in [0.29, 0.717) is 12.1 Å². The van der Waals surface area contributed by atoms with Crippen molar-refractivity contribution in [3.8, 4) is 0 Å². The second kappa shape index (κ2) is 5.68. The number of anilines is 1. The van der Waals surface area contributed by atoms with Crippen molar-refractivity contribution in [2.24, 2.45) is 0 Å². The normalized spacial score (nSPS) is 25.8. The molecule has 1 amide bonds. The van der Waals surface area contributed by atoms with Crippen molar-refractivity contribution in [1.82, 2.24) is 9.80 Å². The van der Waals surface area contributed by atoms with Gasteiger partial charge in [-0.05, 0) is 57.0 Å². The number of rotatable bonds is 2. The van der Waals surface area contributed by atoms with Gasteiger partial charge in [-0.1, -0.05) is 0 Å². The van der Waals surface area contributed by atoms with Crippen LogP contribution in [0.4, 0.5) is 5.69 Å². The van der Waals surface area contributed by atoms with Crippen LogP contribution in [0.5, 0.6) is 0 Å². The van der Waals surface area contributed by atoms with E-state index < -0.39 is 0 Å². The Morgan fingerprint density at radius 1 is 1.24 bits per heavy atom. The van der Waals surface area contributed by atoms with Crippen LogP contribution in [0.15, 0.2) is 18.2 Å². The van der Waals surface area contributed by atoms with Gasteiger partial charge in [-0.25, -0.2) is 0 Å². The molecule has 2 bridgehead atoms. The lowest BCUT2D eigenvalue weighted by molar-refractivity contribution is 0.0740. The van der Waals surface area contributed by atoms with Crippen LogP contribution in [0.1, 0.15) is 35.2 Å². The minimum Gasteiger partial charge on any atom is -0.388 e. The number of hydrogen-bond acceptors (Lipinski definition) is 3. The molecule has 1 aromatic carbocycles. The summed E-state index contributed by atoms with van der Waals surface area (Å²) in [6.07, 6.45) is 3.62. The van der Waals surface area contributed by atoms with E-state index in [4.69, 9.17) is 0 Å². The molecule has 2 fully saturated rings. The van der Waals surface area contributed by atoms with Crippen molar-refractivity contribution in [1.29, 1.82) is 0 Å². The molecule has 4 heteroatoms. The van der Waals surface area contributed by atoms with Gasteiger partial charge in [0.1, 0.15) is 0 Å². The summed E-state index contributed by atoms with van der Waals surface area (Å²) in [6, 6.07) is 7.15. The lowest BCUT2D eigenvalue weighted by atomic mass is 10.1. The summed E-state index contributed by atoms with van der Waals surface area (Å²) >= 11 is 0. The van der Waals surface area contributed by atoms with Crippen LogP contribution in [-0.4, -0.2) is 55.0 Å². The fourth-order valence-electron chi connectivity index (χ4n) is 3.75. The zero-order chi connectivity index (χ0) is 15.0. The Labute approximate surface area is 127 Å². The van der Waals surface area contributed by atoms with E-state index in [-0.39, 0.29) is 5.91 Å². The lowest BCUT2D eigenvalue weighted by Crippen LogP contribution is -2.39. The van der Waals surface area contributed by atoms with Gasteiger partial charge in [0.2, 0.25) is 0 Å². The van der Waals surface area contributed by atoms with Gasteiger partial charge in [-0.2, -0.15) is 0 Å².